The Hall–Kier alpha value is -4.00. The molecule has 0 saturated carbocycles. The van der Waals surface area contributed by atoms with Crippen molar-refractivity contribution >= 4 is 12.4 Å². The van der Waals surface area contributed by atoms with Crippen molar-refractivity contribution in [3.63, 3.8) is 0 Å². The summed E-state index contributed by atoms with van der Waals surface area (Å²) < 4.78 is 0. The van der Waals surface area contributed by atoms with E-state index in [0.717, 1.165) is 49.0 Å². The first-order valence-electron chi connectivity index (χ1n) is 15.5. The Morgan fingerprint density at radius 3 is 1.36 bits per heavy atom. The molecule has 5 rings (SSSR count). The summed E-state index contributed by atoms with van der Waals surface area (Å²) in [7, 11) is 4.37. The Morgan fingerprint density at radius 2 is 0.909 bits per heavy atom. The molecule has 0 N–H and O–H groups in total. The molecule has 228 valence electrons. The standard InChI is InChI=1S/C38H46N6/c1-25-15-27(3)37-23-43(7)21-33-13-10-14-34(42-33)22-44(8)24-38-28(4)16-26(2)36(30(38)6)20-40-18-32-12-9-11-31(41-32)17-39-19-35(25)29(37)5/h9-18H,19-24H2,1-8H3. The molecule has 1 aliphatic heterocycles. The number of aryl methyl sites for hydroxylation is 4. The molecular formula is C38H46N6. The van der Waals surface area contributed by atoms with Gasteiger partial charge < -0.3 is 0 Å². The van der Waals surface area contributed by atoms with Gasteiger partial charge in [-0.3, -0.25) is 24.8 Å². The van der Waals surface area contributed by atoms with Crippen molar-refractivity contribution in [1.29, 1.82) is 0 Å². The number of fused-ring (bicyclic) bond motifs is 8. The van der Waals surface area contributed by atoms with Crippen molar-refractivity contribution in [3.8, 4) is 0 Å². The SMILES string of the molecule is Cc1cc(C)c2c(C)c1CN=Cc1cccc(n1)C=NCc1c(C)cc(C)c(c1C)CN(C)Cc1cccc(n1)CN(C)C2. The third-order valence-corrected chi connectivity index (χ3v) is 8.90. The Balaban J connectivity index is 1.52. The molecule has 4 aromatic rings. The van der Waals surface area contributed by atoms with E-state index in [0.29, 0.717) is 13.1 Å². The molecule has 2 aromatic heterocycles. The summed E-state index contributed by atoms with van der Waals surface area (Å²) in [5.41, 5.74) is 17.0. The number of nitrogens with zero attached hydrogens (tertiary/aromatic N) is 6. The largest absolute Gasteiger partial charge is 0.296 e. The summed E-state index contributed by atoms with van der Waals surface area (Å²) >= 11 is 0. The van der Waals surface area contributed by atoms with E-state index >= 15 is 0 Å². The Kier molecular flexibility index (Phi) is 9.82. The van der Waals surface area contributed by atoms with Crippen LogP contribution in [0.2, 0.25) is 0 Å². The van der Waals surface area contributed by atoms with E-state index in [1.807, 2.05) is 30.6 Å². The number of benzene rings is 2. The van der Waals surface area contributed by atoms with Crippen molar-refractivity contribution in [3.05, 3.63) is 127 Å². The molecule has 0 fully saturated rings. The van der Waals surface area contributed by atoms with Crippen LogP contribution in [-0.4, -0.2) is 46.3 Å². The summed E-state index contributed by atoms with van der Waals surface area (Å²) in [5.74, 6) is 0. The third kappa shape index (κ3) is 7.37. The summed E-state index contributed by atoms with van der Waals surface area (Å²) in [6.07, 6.45) is 3.77. The topological polar surface area (TPSA) is 57.0 Å². The van der Waals surface area contributed by atoms with E-state index in [2.05, 4.69) is 95.8 Å². The van der Waals surface area contributed by atoms with Crippen molar-refractivity contribution in [2.24, 2.45) is 9.98 Å². The number of rotatable bonds is 0. The predicted octanol–water partition coefficient (Wildman–Crippen LogP) is 7.14. The van der Waals surface area contributed by atoms with E-state index in [4.69, 9.17) is 20.0 Å². The molecule has 0 spiro atoms. The second kappa shape index (κ2) is 13.7. The first-order chi connectivity index (χ1) is 21.1. The normalized spacial score (nSPS) is 15.3. The highest BCUT2D eigenvalue weighted by Crippen LogP contribution is 2.26. The van der Waals surface area contributed by atoms with Crippen LogP contribution in [0.4, 0.5) is 0 Å². The Morgan fingerprint density at radius 1 is 0.500 bits per heavy atom. The summed E-state index contributed by atoms with van der Waals surface area (Å²) in [4.78, 5) is 24.3. The van der Waals surface area contributed by atoms with Crippen LogP contribution in [0, 0.1) is 41.5 Å². The van der Waals surface area contributed by atoms with Gasteiger partial charge in [0, 0.05) is 38.6 Å². The predicted molar refractivity (Wildman–Crippen MR) is 183 cm³/mol. The lowest BCUT2D eigenvalue weighted by molar-refractivity contribution is 0.304. The first kappa shape index (κ1) is 31.4. The van der Waals surface area contributed by atoms with E-state index in [9.17, 15) is 0 Å². The van der Waals surface area contributed by atoms with Gasteiger partial charge in [0.25, 0.3) is 0 Å². The van der Waals surface area contributed by atoms with Gasteiger partial charge >= 0.3 is 0 Å². The number of aliphatic imine (C=N–C) groups is 2. The fourth-order valence-electron chi connectivity index (χ4n) is 6.50. The lowest BCUT2D eigenvalue weighted by atomic mass is 9.93. The minimum Gasteiger partial charge on any atom is -0.296 e. The van der Waals surface area contributed by atoms with Crippen molar-refractivity contribution in [1.82, 2.24) is 19.8 Å². The molecule has 0 saturated heterocycles. The van der Waals surface area contributed by atoms with Crippen LogP contribution in [0.1, 0.15) is 78.4 Å². The molecule has 0 radical (unpaired) electrons. The zero-order valence-corrected chi connectivity index (χ0v) is 27.7. The molecule has 0 aliphatic carbocycles. The van der Waals surface area contributed by atoms with Gasteiger partial charge in [0.05, 0.1) is 35.9 Å². The van der Waals surface area contributed by atoms with Crippen molar-refractivity contribution in [2.75, 3.05) is 14.1 Å². The summed E-state index contributed by atoms with van der Waals surface area (Å²) in [5, 5.41) is 0. The highest BCUT2D eigenvalue weighted by Gasteiger charge is 2.16. The van der Waals surface area contributed by atoms with E-state index < -0.39 is 0 Å². The maximum atomic E-state index is 5.07. The molecule has 44 heavy (non-hydrogen) atoms. The van der Waals surface area contributed by atoms with Gasteiger partial charge in [0.2, 0.25) is 0 Å². The van der Waals surface area contributed by atoms with E-state index in [1.54, 1.807) is 0 Å². The molecule has 8 bridgehead atoms. The fraction of sp³-hybridized carbons (Fsp3) is 0.368. The van der Waals surface area contributed by atoms with Crippen LogP contribution in [0.5, 0.6) is 0 Å². The second-order valence-corrected chi connectivity index (χ2v) is 12.6. The molecule has 3 heterocycles. The number of hydrogen-bond donors (Lipinski definition) is 0. The van der Waals surface area contributed by atoms with Crippen molar-refractivity contribution in [2.45, 2.75) is 80.8 Å². The molecule has 6 heteroatoms. The van der Waals surface area contributed by atoms with Crippen LogP contribution < -0.4 is 0 Å². The maximum absolute atomic E-state index is 5.07. The minimum atomic E-state index is 0.625. The summed E-state index contributed by atoms with van der Waals surface area (Å²) in [6, 6.07) is 17.1. The molecule has 0 atom stereocenters. The Bertz CT molecular complexity index is 1600. The van der Waals surface area contributed by atoms with Gasteiger partial charge in [0.1, 0.15) is 0 Å². The molecule has 0 amide bonds. The van der Waals surface area contributed by atoms with Gasteiger partial charge in [-0.15, -0.1) is 0 Å². The zero-order valence-electron chi connectivity index (χ0n) is 27.7. The van der Waals surface area contributed by atoms with Crippen LogP contribution in [0.15, 0.2) is 58.5 Å². The van der Waals surface area contributed by atoms with Gasteiger partial charge in [-0.1, -0.05) is 24.3 Å². The number of hydrogen-bond acceptors (Lipinski definition) is 6. The number of aromatic nitrogens is 2. The minimum absolute atomic E-state index is 0.625. The lowest BCUT2D eigenvalue weighted by Crippen LogP contribution is -2.22. The maximum Gasteiger partial charge on any atom is 0.0815 e. The van der Waals surface area contributed by atoms with Crippen LogP contribution in [0.3, 0.4) is 0 Å². The number of pyridine rings is 2. The fourth-order valence-corrected chi connectivity index (χ4v) is 6.50. The lowest BCUT2D eigenvalue weighted by Gasteiger charge is -2.23. The van der Waals surface area contributed by atoms with Crippen LogP contribution in [-0.2, 0) is 39.3 Å². The van der Waals surface area contributed by atoms with E-state index in [-0.39, 0.29) is 0 Å². The highest BCUT2D eigenvalue weighted by molar-refractivity contribution is 5.81. The average Bonchev–Trinajstić information content (AvgIpc) is 2.97. The van der Waals surface area contributed by atoms with Gasteiger partial charge in [-0.2, -0.15) is 0 Å². The third-order valence-electron chi connectivity index (χ3n) is 8.90. The second-order valence-electron chi connectivity index (χ2n) is 12.6. The Labute approximate surface area is 263 Å². The van der Waals surface area contributed by atoms with Crippen LogP contribution >= 0.6 is 0 Å². The monoisotopic (exact) mass is 586 g/mol. The van der Waals surface area contributed by atoms with Crippen LogP contribution in [0.25, 0.3) is 0 Å². The molecule has 1 aliphatic rings. The van der Waals surface area contributed by atoms with Crippen molar-refractivity contribution < 1.29 is 0 Å². The molecule has 6 nitrogen and oxygen atoms in total. The van der Waals surface area contributed by atoms with Gasteiger partial charge in [0.15, 0.2) is 0 Å². The van der Waals surface area contributed by atoms with Gasteiger partial charge in [-0.05, 0) is 136 Å². The highest BCUT2D eigenvalue weighted by atomic mass is 15.1. The smallest absolute Gasteiger partial charge is 0.0815 e. The van der Waals surface area contributed by atoms with E-state index in [1.165, 1.54) is 55.6 Å². The summed E-state index contributed by atoms with van der Waals surface area (Å²) in [6.45, 7) is 17.8. The van der Waals surface area contributed by atoms with Gasteiger partial charge in [-0.25, -0.2) is 4.98 Å². The molecule has 0 unspecified atom stereocenters. The molecular weight excluding hydrogens is 540 g/mol. The quantitative estimate of drug-likeness (QED) is 0.220. The molecule has 2 aromatic carbocycles. The first-order valence-corrected chi connectivity index (χ1v) is 15.5. The average molecular weight is 587 g/mol. The zero-order chi connectivity index (χ0) is 31.4.